The van der Waals surface area contributed by atoms with Crippen molar-refractivity contribution in [3.63, 3.8) is 0 Å². The summed E-state index contributed by atoms with van der Waals surface area (Å²) in [6.45, 7) is 1.64. The molecule has 1 unspecified atom stereocenters. The lowest BCUT2D eigenvalue weighted by Crippen LogP contribution is -2.57. The summed E-state index contributed by atoms with van der Waals surface area (Å²) in [6, 6.07) is 15.5. The molecule has 42 heavy (non-hydrogen) atoms. The van der Waals surface area contributed by atoms with E-state index >= 15 is 0 Å². The molecule has 2 rings (SSSR count). The zero-order chi connectivity index (χ0) is 30.6. The fourth-order valence-electron chi connectivity index (χ4n) is 3.61. The molecule has 0 heterocycles. The van der Waals surface area contributed by atoms with E-state index in [0.29, 0.717) is 0 Å². The molecule has 0 bridgehead atoms. The summed E-state index contributed by atoms with van der Waals surface area (Å²) < 4.78 is 15.8. The van der Waals surface area contributed by atoms with E-state index in [9.17, 15) is 24.3 Å². The van der Waals surface area contributed by atoms with Crippen LogP contribution in [0.15, 0.2) is 65.8 Å². The molecule has 226 valence electrons. The molecule has 14 heteroatoms. The Kier molecular flexibility index (Phi) is 15.7. The summed E-state index contributed by atoms with van der Waals surface area (Å²) >= 11 is 0. The Labute approximate surface area is 243 Å². The predicted octanol–water partition coefficient (Wildman–Crippen LogP) is 1.48. The van der Waals surface area contributed by atoms with Crippen LogP contribution in [0.4, 0.5) is 0 Å². The fraction of sp³-hybridized carbons (Fsp3) is 0.429. The average molecular weight is 585 g/mol. The molecule has 4 N–H and O–H groups in total. The highest BCUT2D eigenvalue weighted by Crippen LogP contribution is 2.08. The minimum absolute atomic E-state index is 0.000786. The first kappa shape index (κ1) is 33.7. The third kappa shape index (κ3) is 14.2. The van der Waals surface area contributed by atoms with Gasteiger partial charge in [-0.05, 0) is 16.7 Å². The number of benzene rings is 2. The van der Waals surface area contributed by atoms with Crippen LogP contribution in [-0.2, 0) is 46.6 Å². The van der Waals surface area contributed by atoms with Crippen LogP contribution in [0.3, 0.4) is 0 Å². The Morgan fingerprint density at radius 1 is 0.905 bits per heavy atom. The van der Waals surface area contributed by atoms with Gasteiger partial charge < -0.3 is 30.0 Å². The SMILES string of the molecule is CC(=O)N[C@H](CC(=O)OCc1ccccc1)C(O)N[C@@H](CC(=O)OCc1ccccc1)C(=O)NCCOCCN=[N+]=[N-]. The lowest BCUT2D eigenvalue weighted by molar-refractivity contribution is -0.149. The van der Waals surface area contributed by atoms with Crippen molar-refractivity contribution in [2.45, 2.75) is 51.3 Å². The lowest BCUT2D eigenvalue weighted by atomic mass is 10.1. The van der Waals surface area contributed by atoms with Crippen LogP contribution in [0.5, 0.6) is 0 Å². The van der Waals surface area contributed by atoms with Crippen molar-refractivity contribution in [1.29, 1.82) is 0 Å². The Balaban J connectivity index is 2.01. The number of aliphatic hydroxyl groups excluding tert-OH is 1. The number of hydrogen-bond acceptors (Lipinski definition) is 10. The van der Waals surface area contributed by atoms with Crippen LogP contribution in [0.1, 0.15) is 30.9 Å². The normalized spacial score (nSPS) is 12.6. The van der Waals surface area contributed by atoms with Crippen molar-refractivity contribution < 1.29 is 38.5 Å². The number of rotatable bonds is 19. The van der Waals surface area contributed by atoms with E-state index < -0.39 is 54.9 Å². The standard InChI is InChI=1S/C28H36N6O8/c1-20(35)32-24(17-26(37)42-19-22-10-6-3-7-11-22)28(39)33-23(27(38)30-12-14-40-15-13-31-34-29)16-25(36)41-18-21-8-4-2-5-9-21/h2-11,23-24,28,33,39H,12-19H2,1H3,(H,30,38)(H,32,35)/t23-,24+,28?/m0/s1. The lowest BCUT2D eigenvalue weighted by Gasteiger charge is -2.27. The van der Waals surface area contributed by atoms with E-state index in [4.69, 9.17) is 19.7 Å². The number of nitrogens with zero attached hydrogens (tertiary/aromatic N) is 3. The smallest absolute Gasteiger partial charge is 0.308 e. The van der Waals surface area contributed by atoms with Gasteiger partial charge in [0, 0.05) is 24.9 Å². The molecule has 3 atom stereocenters. The molecule has 0 aliphatic heterocycles. The molecule has 0 saturated carbocycles. The van der Waals surface area contributed by atoms with E-state index in [1.807, 2.05) is 12.1 Å². The third-order valence-electron chi connectivity index (χ3n) is 5.65. The van der Waals surface area contributed by atoms with Crippen LogP contribution in [0, 0.1) is 0 Å². The predicted molar refractivity (Wildman–Crippen MR) is 150 cm³/mol. The van der Waals surface area contributed by atoms with Crippen molar-refractivity contribution in [3.8, 4) is 0 Å². The van der Waals surface area contributed by atoms with E-state index in [1.165, 1.54) is 6.92 Å². The first-order valence-corrected chi connectivity index (χ1v) is 13.2. The van der Waals surface area contributed by atoms with Gasteiger partial charge in [-0.15, -0.1) is 0 Å². The highest BCUT2D eigenvalue weighted by Gasteiger charge is 2.30. The summed E-state index contributed by atoms with van der Waals surface area (Å²) in [7, 11) is 0. The van der Waals surface area contributed by atoms with Gasteiger partial charge in [0.25, 0.3) is 0 Å². The first-order valence-electron chi connectivity index (χ1n) is 13.2. The van der Waals surface area contributed by atoms with Gasteiger partial charge in [0.05, 0.1) is 38.1 Å². The van der Waals surface area contributed by atoms with E-state index in [2.05, 4.69) is 26.0 Å². The zero-order valence-corrected chi connectivity index (χ0v) is 23.3. The maximum absolute atomic E-state index is 13.0. The van der Waals surface area contributed by atoms with E-state index in [-0.39, 0.29) is 39.5 Å². The number of amides is 2. The van der Waals surface area contributed by atoms with Gasteiger partial charge in [-0.25, -0.2) is 0 Å². The largest absolute Gasteiger partial charge is 0.461 e. The molecule has 0 spiro atoms. The second-order valence-corrected chi connectivity index (χ2v) is 9.03. The van der Waals surface area contributed by atoms with Gasteiger partial charge in [-0.1, -0.05) is 65.8 Å². The summed E-state index contributed by atoms with van der Waals surface area (Å²) in [5.41, 5.74) is 9.80. The Hall–Kier alpha value is -4.49. The molecular formula is C28H36N6O8. The van der Waals surface area contributed by atoms with Crippen molar-refractivity contribution in [1.82, 2.24) is 16.0 Å². The Morgan fingerprint density at radius 2 is 1.48 bits per heavy atom. The van der Waals surface area contributed by atoms with Crippen molar-refractivity contribution in [3.05, 3.63) is 82.2 Å². The summed E-state index contributed by atoms with van der Waals surface area (Å²) in [6.07, 6.45) is -2.48. The van der Waals surface area contributed by atoms with Crippen molar-refractivity contribution in [2.75, 3.05) is 26.3 Å². The van der Waals surface area contributed by atoms with Crippen LogP contribution in [0.2, 0.25) is 0 Å². The molecule has 2 amide bonds. The number of carbonyl (C=O) groups excluding carboxylic acids is 4. The monoisotopic (exact) mass is 584 g/mol. The average Bonchev–Trinajstić information content (AvgIpc) is 2.98. The van der Waals surface area contributed by atoms with Gasteiger partial charge in [0.2, 0.25) is 11.8 Å². The number of hydrogen-bond donors (Lipinski definition) is 4. The molecule has 0 radical (unpaired) electrons. The zero-order valence-electron chi connectivity index (χ0n) is 23.3. The van der Waals surface area contributed by atoms with Gasteiger partial charge in [0.1, 0.15) is 19.4 Å². The first-order chi connectivity index (χ1) is 20.3. The number of esters is 2. The van der Waals surface area contributed by atoms with E-state index in [0.717, 1.165) is 11.1 Å². The molecule has 2 aromatic rings. The van der Waals surface area contributed by atoms with Gasteiger partial charge >= 0.3 is 11.9 Å². The van der Waals surface area contributed by atoms with Crippen LogP contribution in [-0.4, -0.2) is 73.5 Å². The minimum Gasteiger partial charge on any atom is -0.461 e. The fourth-order valence-corrected chi connectivity index (χ4v) is 3.61. The second-order valence-electron chi connectivity index (χ2n) is 9.03. The maximum atomic E-state index is 13.0. The number of aliphatic hydroxyl groups is 1. The van der Waals surface area contributed by atoms with Crippen LogP contribution >= 0.6 is 0 Å². The molecule has 0 saturated heterocycles. The number of nitrogens with one attached hydrogen (secondary N) is 3. The molecule has 2 aromatic carbocycles. The minimum atomic E-state index is -1.61. The highest BCUT2D eigenvalue weighted by molar-refractivity contribution is 5.86. The molecular weight excluding hydrogens is 548 g/mol. The van der Waals surface area contributed by atoms with Crippen molar-refractivity contribution >= 4 is 23.8 Å². The number of ether oxygens (including phenoxy) is 3. The molecule has 0 fully saturated rings. The van der Waals surface area contributed by atoms with Crippen molar-refractivity contribution in [2.24, 2.45) is 5.11 Å². The van der Waals surface area contributed by atoms with Gasteiger partial charge in [-0.3, -0.25) is 24.5 Å². The summed E-state index contributed by atoms with van der Waals surface area (Å²) in [4.78, 5) is 52.5. The molecule has 0 aromatic heterocycles. The maximum Gasteiger partial charge on any atom is 0.308 e. The molecule has 0 aliphatic rings. The molecule has 0 aliphatic carbocycles. The number of azide groups is 1. The summed E-state index contributed by atoms with van der Waals surface area (Å²) in [5.74, 6) is -2.60. The number of carbonyl (C=O) groups is 4. The van der Waals surface area contributed by atoms with Gasteiger partial charge in [0.15, 0.2) is 0 Å². The topological polar surface area (TPSA) is 201 Å². The molecule has 14 nitrogen and oxygen atoms in total. The summed E-state index contributed by atoms with van der Waals surface area (Å²) in [5, 5.41) is 21.9. The quantitative estimate of drug-likeness (QED) is 0.0471. The highest BCUT2D eigenvalue weighted by atomic mass is 16.5. The van der Waals surface area contributed by atoms with E-state index in [1.54, 1.807) is 48.5 Å². The second kappa shape index (κ2) is 19.6. The Bertz CT molecular complexity index is 1180. The van der Waals surface area contributed by atoms with Crippen LogP contribution < -0.4 is 16.0 Å². The van der Waals surface area contributed by atoms with Crippen LogP contribution in [0.25, 0.3) is 10.4 Å². The third-order valence-corrected chi connectivity index (χ3v) is 5.65. The van der Waals surface area contributed by atoms with Gasteiger partial charge in [-0.2, -0.15) is 0 Å². The Morgan fingerprint density at radius 3 is 2.02 bits per heavy atom.